The first kappa shape index (κ1) is 46.1. The maximum Gasteiger partial charge on any atom is 0.417 e. The Kier molecular flexibility index (Phi) is 10.7. The lowest BCUT2D eigenvalue weighted by Crippen LogP contribution is -2.49. The molecule has 0 N–H and O–H groups in total. The number of hydrogen-bond acceptors (Lipinski definition) is 11. The van der Waals surface area contributed by atoms with Crippen molar-refractivity contribution in [1.82, 2.24) is 0 Å². The van der Waals surface area contributed by atoms with E-state index in [-0.39, 0.29) is 36.4 Å². The van der Waals surface area contributed by atoms with Gasteiger partial charge in [-0.1, -0.05) is 6.07 Å². The molecule has 6 aliphatic rings. The van der Waals surface area contributed by atoms with E-state index in [4.69, 9.17) is 30.8 Å². The van der Waals surface area contributed by atoms with Crippen molar-refractivity contribution in [2.75, 3.05) is 9.80 Å². The van der Waals surface area contributed by atoms with E-state index in [1.807, 2.05) is 0 Å². The summed E-state index contributed by atoms with van der Waals surface area (Å²) in [5.41, 5.74) is -9.15. The number of hydrogen-bond donors (Lipinski definition) is 0. The van der Waals surface area contributed by atoms with Gasteiger partial charge in [0.1, 0.15) is 0 Å². The van der Waals surface area contributed by atoms with Crippen LogP contribution in [-0.4, -0.2) is 70.2 Å². The smallest absolute Gasteiger partial charge is 0.417 e. The second kappa shape index (κ2) is 14.8. The fraction of sp³-hybridized carbons (Fsp3) is 0.545. The van der Waals surface area contributed by atoms with Gasteiger partial charge in [0.05, 0.1) is 105 Å². The van der Waals surface area contributed by atoms with Crippen LogP contribution in [0.1, 0.15) is 84.9 Å². The number of rotatable bonds is 6. The van der Waals surface area contributed by atoms with Crippen LogP contribution in [0.15, 0.2) is 36.4 Å². The molecule has 6 fully saturated rings. The van der Waals surface area contributed by atoms with E-state index in [1.165, 1.54) is 6.07 Å². The summed E-state index contributed by atoms with van der Waals surface area (Å²) in [4.78, 5) is 83.0. The monoisotopic (exact) mass is 900 g/mol. The van der Waals surface area contributed by atoms with Crippen LogP contribution in [0.2, 0.25) is 0 Å². The number of benzene rings is 2. The molecule has 0 spiro atoms. The molecule has 0 aliphatic carbocycles. The fourth-order valence-electron chi connectivity index (χ4n) is 10.9. The highest BCUT2D eigenvalue weighted by Crippen LogP contribution is 2.65. The average molecular weight is 901 g/mol. The maximum atomic E-state index is 13.4. The number of esters is 2. The number of carbonyl (C=O) groups excluding carboxylic acids is 6. The summed E-state index contributed by atoms with van der Waals surface area (Å²) in [5.74, 6) is -9.41. The van der Waals surface area contributed by atoms with Crippen molar-refractivity contribution in [2.45, 2.75) is 115 Å². The Balaban J connectivity index is 0.000000191. The Bertz CT molecular complexity index is 2330. The quantitative estimate of drug-likeness (QED) is 0.125. The summed E-state index contributed by atoms with van der Waals surface area (Å²) in [6, 6.07) is 6.91. The number of fused-ring (bicyclic) bond motifs is 10. The molecule has 8 rings (SSSR count). The Labute approximate surface area is 362 Å². The minimum absolute atomic E-state index is 0.157. The van der Waals surface area contributed by atoms with Gasteiger partial charge in [-0.15, -0.1) is 0 Å². The second-order valence-corrected chi connectivity index (χ2v) is 18.3. The summed E-state index contributed by atoms with van der Waals surface area (Å²) in [7, 11) is 0. The summed E-state index contributed by atoms with van der Waals surface area (Å²) in [6.07, 6.45) is -10.1. The first-order valence-corrected chi connectivity index (χ1v) is 20.3. The molecule has 4 bridgehead atoms. The molecule has 20 heteroatoms. The van der Waals surface area contributed by atoms with Crippen LogP contribution in [0.5, 0.6) is 0 Å². The van der Waals surface area contributed by atoms with E-state index in [0.29, 0.717) is 12.1 Å². The molecule has 14 nitrogen and oxygen atoms in total. The number of ether oxygens (including phenoxy) is 4. The van der Waals surface area contributed by atoms with E-state index in [1.54, 1.807) is 55.4 Å². The van der Waals surface area contributed by atoms with Crippen molar-refractivity contribution in [3.63, 3.8) is 0 Å². The van der Waals surface area contributed by atoms with Crippen LogP contribution in [0.25, 0.3) is 4.85 Å². The third kappa shape index (κ3) is 6.83. The van der Waals surface area contributed by atoms with Gasteiger partial charge in [0, 0.05) is 5.69 Å². The van der Waals surface area contributed by atoms with Gasteiger partial charge in [-0.2, -0.15) is 31.6 Å². The topological polar surface area (TPSA) is 174 Å². The average Bonchev–Trinajstić information content (AvgIpc) is 3.94. The molecular weight excluding hydrogens is 858 g/mol. The minimum Gasteiger partial charge on any atom is -0.463 e. The lowest BCUT2D eigenvalue weighted by Gasteiger charge is -2.34. The number of imide groups is 2. The van der Waals surface area contributed by atoms with Gasteiger partial charge in [-0.25, -0.2) is 14.6 Å². The SMILES string of the molecule is CC(C)OC(=O)[C@@H]1CC2(C)OC1(C)[C@@H]1C(=O)N(c3ccc(C#N)c(C(F)(F)F)c3)C(=O)[C@@H]12.[C-]#[N+]c1ccc(N2C(=O)[C@@H]3[C@H](C2=O)C2(C)OC3(C)C[C@@H]2C(=O)OC(C)C)cc1C(F)(F)F. The van der Waals surface area contributed by atoms with E-state index >= 15 is 0 Å². The van der Waals surface area contributed by atoms with Crippen molar-refractivity contribution in [3.8, 4) is 6.07 Å². The molecular formula is C44H42F6N4O10. The Hall–Kier alpha value is -5.86. The third-order valence-corrected chi connectivity index (χ3v) is 13.3. The van der Waals surface area contributed by atoms with Crippen LogP contribution in [0.4, 0.5) is 43.4 Å². The van der Waals surface area contributed by atoms with Gasteiger partial charge in [-0.3, -0.25) is 28.8 Å². The Morgan fingerprint density at radius 2 is 1.08 bits per heavy atom. The molecule has 6 saturated heterocycles. The highest BCUT2D eigenvalue weighted by atomic mass is 19.4. The maximum absolute atomic E-state index is 13.4. The Morgan fingerprint density at radius 1 is 0.703 bits per heavy atom. The standard InChI is InChI=1S/2C22H21F3N2O5/c1-10(2)31-19(30)13-9-20(3)15-16(21(13,4)32-20)18(29)27(17(15)28)11-6-7-14(26-5)12(8-11)22(23,24)25;1-10(2)31-19(30)14-8-20(3)15-16(21(14,4)32-20)18(29)27(17(15)28)12-6-5-11(9-26)13(7-12)22(23,24)25/h6-8,10,13,15-16H,9H2,1-4H3;5-7,10,14-16H,8H2,1-4H3/t13-,15+,16-,20?,21?;14-,15+,16-,20?,21?/m10/s1. The predicted octanol–water partition coefficient (Wildman–Crippen LogP) is 7.08. The van der Waals surface area contributed by atoms with E-state index in [9.17, 15) is 55.1 Å². The van der Waals surface area contributed by atoms with E-state index < -0.39 is 128 Å². The summed E-state index contributed by atoms with van der Waals surface area (Å²) >= 11 is 0. The zero-order valence-electron chi connectivity index (χ0n) is 35.6. The predicted molar refractivity (Wildman–Crippen MR) is 207 cm³/mol. The van der Waals surface area contributed by atoms with Gasteiger partial charge < -0.3 is 18.9 Å². The van der Waals surface area contributed by atoms with E-state index in [2.05, 4.69) is 4.85 Å². The first-order chi connectivity index (χ1) is 29.5. The van der Waals surface area contributed by atoms with Gasteiger partial charge in [-0.05, 0) is 98.6 Å². The van der Waals surface area contributed by atoms with Crippen molar-refractivity contribution < 1.29 is 74.1 Å². The number of carbonyl (C=O) groups is 6. The number of halogens is 6. The van der Waals surface area contributed by atoms with Gasteiger partial charge in [0.15, 0.2) is 5.69 Å². The minimum atomic E-state index is -4.84. The molecule has 4 amide bonds. The highest BCUT2D eigenvalue weighted by Gasteiger charge is 2.78. The van der Waals surface area contributed by atoms with Crippen LogP contribution >= 0.6 is 0 Å². The largest absolute Gasteiger partial charge is 0.463 e. The van der Waals surface area contributed by atoms with Gasteiger partial charge in [0.25, 0.3) is 0 Å². The van der Waals surface area contributed by atoms with Crippen LogP contribution < -0.4 is 9.80 Å². The normalized spacial score (nSPS) is 33.6. The molecule has 4 unspecified atom stereocenters. The zero-order chi connectivity index (χ0) is 47.6. The van der Waals surface area contributed by atoms with Crippen molar-refractivity contribution in [1.29, 1.82) is 5.26 Å². The summed E-state index contributed by atoms with van der Waals surface area (Å²) in [6.45, 7) is 20.1. The summed E-state index contributed by atoms with van der Waals surface area (Å²) < 4.78 is 103. The molecule has 0 aromatic heterocycles. The van der Waals surface area contributed by atoms with Crippen molar-refractivity contribution in [2.24, 2.45) is 35.5 Å². The molecule has 0 saturated carbocycles. The Morgan fingerprint density at radius 3 is 1.44 bits per heavy atom. The zero-order valence-corrected chi connectivity index (χ0v) is 35.6. The molecule has 10 atom stereocenters. The molecule has 6 aliphatic heterocycles. The van der Waals surface area contributed by atoms with Crippen LogP contribution in [-0.2, 0) is 60.1 Å². The molecule has 64 heavy (non-hydrogen) atoms. The molecule has 6 heterocycles. The third-order valence-electron chi connectivity index (χ3n) is 13.3. The van der Waals surface area contributed by atoms with Gasteiger partial charge >= 0.3 is 24.3 Å². The van der Waals surface area contributed by atoms with Crippen molar-refractivity contribution in [3.05, 3.63) is 64.5 Å². The van der Waals surface area contributed by atoms with Crippen LogP contribution in [0.3, 0.4) is 0 Å². The summed E-state index contributed by atoms with van der Waals surface area (Å²) in [5, 5.41) is 9.00. The number of nitriles is 1. The van der Waals surface area contributed by atoms with Gasteiger partial charge in [0.2, 0.25) is 23.6 Å². The lowest BCUT2D eigenvalue weighted by atomic mass is 9.64. The van der Waals surface area contributed by atoms with Crippen LogP contribution in [0, 0.1) is 53.4 Å². The molecule has 0 radical (unpaired) electrons. The molecule has 340 valence electrons. The first-order valence-electron chi connectivity index (χ1n) is 20.3. The number of nitrogens with zero attached hydrogens (tertiary/aromatic N) is 4. The highest BCUT2D eigenvalue weighted by molar-refractivity contribution is 6.24. The lowest BCUT2D eigenvalue weighted by molar-refractivity contribution is -0.162. The molecule has 2 aromatic carbocycles. The fourth-order valence-corrected chi connectivity index (χ4v) is 10.9. The van der Waals surface area contributed by atoms with Crippen molar-refractivity contribution >= 4 is 52.6 Å². The molecule has 2 aromatic rings. The number of anilines is 2. The number of alkyl halides is 6. The van der Waals surface area contributed by atoms with E-state index in [0.717, 1.165) is 34.1 Å². The number of amides is 4. The second-order valence-electron chi connectivity index (χ2n) is 18.3.